The zero-order chi connectivity index (χ0) is 26.7. The molecule has 206 valence electrons. The van der Waals surface area contributed by atoms with E-state index in [0.717, 1.165) is 39.8 Å². The van der Waals surface area contributed by atoms with Crippen LogP contribution in [-0.2, 0) is 17.7 Å². The van der Waals surface area contributed by atoms with Crippen LogP contribution in [0.5, 0.6) is 0 Å². The van der Waals surface area contributed by atoms with Crippen molar-refractivity contribution in [3.05, 3.63) is 140 Å². The van der Waals surface area contributed by atoms with Crippen molar-refractivity contribution in [2.24, 2.45) is 0 Å². The van der Waals surface area contributed by atoms with Gasteiger partial charge in [0.25, 0.3) is 11.0 Å². The molecular weight excluding hydrogens is 667 g/mol. The highest BCUT2D eigenvalue weighted by atomic mass is 79.9. The molecule has 0 unspecified atom stereocenters. The molecule has 6 heteroatoms. The van der Waals surface area contributed by atoms with Gasteiger partial charge in [-0.05, 0) is 52.7 Å². The fourth-order valence-corrected chi connectivity index (χ4v) is 8.98. The topological polar surface area (TPSA) is 24.8 Å². The van der Waals surface area contributed by atoms with Gasteiger partial charge in [-0.2, -0.15) is 9.13 Å². The Bertz CT molecular complexity index is 2110. The van der Waals surface area contributed by atoms with E-state index in [-0.39, 0.29) is 34.0 Å². The minimum absolute atomic E-state index is 0. The Kier molecular flexibility index (Phi) is 7.61. The van der Waals surface area contributed by atoms with Gasteiger partial charge in [0.05, 0.1) is 10.8 Å². The quantitative estimate of drug-likeness (QED) is 0.145. The van der Waals surface area contributed by atoms with E-state index in [9.17, 15) is 4.57 Å². The number of aryl methyl sites for hydroxylation is 2. The average Bonchev–Trinajstić information content (AvgIpc) is 3.03. The standard InChI is InChI=1S/C36H27N2OP.2BrH/c39-40(32-9-3-1-4-10-32,33-11-5-2-6-12-33)34-18-17-27-22-28(14-15-29(27)24-34)31-23-30-16-13-26-8-7-19-37-20-21-38(25-31)36(30)35(26)37;;/h1-19,22-25H,20-21H2;2*1H/q+2;;/p-2. The first-order chi connectivity index (χ1) is 19.7. The lowest BCUT2D eigenvalue weighted by Crippen LogP contribution is -3.00. The van der Waals surface area contributed by atoms with Crippen molar-refractivity contribution in [1.82, 2.24) is 0 Å². The zero-order valence-electron chi connectivity index (χ0n) is 22.7. The number of pyridine rings is 2. The normalized spacial score (nSPS) is 12.3. The Morgan fingerprint density at radius 3 is 1.79 bits per heavy atom. The highest BCUT2D eigenvalue weighted by Gasteiger charge is 2.30. The minimum atomic E-state index is -3.01. The molecule has 1 aliphatic heterocycles. The number of aromatic nitrogens is 2. The van der Waals surface area contributed by atoms with E-state index >= 15 is 0 Å². The van der Waals surface area contributed by atoms with E-state index in [1.165, 1.54) is 32.9 Å². The molecule has 0 saturated heterocycles. The second-order valence-corrected chi connectivity index (χ2v) is 13.4. The van der Waals surface area contributed by atoms with Gasteiger partial charge in [-0.1, -0.05) is 84.9 Å². The van der Waals surface area contributed by atoms with Gasteiger partial charge in [-0.25, -0.2) is 0 Å². The Labute approximate surface area is 266 Å². The number of nitrogens with zero attached hydrogens (tertiary/aromatic N) is 2. The average molecular weight is 694 g/mol. The van der Waals surface area contributed by atoms with E-state index in [1.54, 1.807) is 0 Å². The van der Waals surface area contributed by atoms with Gasteiger partial charge >= 0.3 is 0 Å². The van der Waals surface area contributed by atoms with Gasteiger partial charge in [-0.3, -0.25) is 0 Å². The molecule has 5 aromatic carbocycles. The molecule has 0 N–H and O–H groups in total. The monoisotopic (exact) mass is 692 g/mol. The van der Waals surface area contributed by atoms with Crippen molar-refractivity contribution in [3.63, 3.8) is 0 Å². The number of halogens is 2. The molecule has 0 saturated carbocycles. The second-order valence-electron chi connectivity index (χ2n) is 10.6. The van der Waals surface area contributed by atoms with Crippen LogP contribution in [0.2, 0.25) is 0 Å². The molecule has 0 atom stereocenters. The summed E-state index contributed by atoms with van der Waals surface area (Å²) in [5.41, 5.74) is 5.01. The maximum Gasteiger partial charge on any atom is 0.285 e. The Hall–Kier alpha value is -3.63. The molecule has 3 heterocycles. The van der Waals surface area contributed by atoms with Gasteiger partial charge < -0.3 is 38.5 Å². The number of hydrogen-bond donors (Lipinski definition) is 0. The molecule has 0 radical (unpaired) electrons. The van der Waals surface area contributed by atoms with Gasteiger partial charge in [0, 0.05) is 27.5 Å². The number of fused-ring (bicyclic) bond motifs is 1. The van der Waals surface area contributed by atoms with Crippen molar-refractivity contribution in [2.75, 3.05) is 0 Å². The molecular formula is C36H27Br2N2OP. The number of rotatable bonds is 4. The largest absolute Gasteiger partial charge is 1.00 e. The third-order valence-electron chi connectivity index (χ3n) is 8.28. The molecule has 7 aromatic rings. The van der Waals surface area contributed by atoms with Crippen molar-refractivity contribution in [1.29, 1.82) is 0 Å². The molecule has 8 rings (SSSR count). The van der Waals surface area contributed by atoms with E-state index in [4.69, 9.17) is 0 Å². The summed E-state index contributed by atoms with van der Waals surface area (Å²) < 4.78 is 19.6. The fraction of sp³-hybridized carbons (Fsp3) is 0.0556. The lowest BCUT2D eigenvalue weighted by atomic mass is 10.00. The predicted molar refractivity (Wildman–Crippen MR) is 164 cm³/mol. The minimum Gasteiger partial charge on any atom is -1.00 e. The molecule has 2 aromatic heterocycles. The predicted octanol–water partition coefficient (Wildman–Crippen LogP) is 0.0492. The van der Waals surface area contributed by atoms with Gasteiger partial charge in [0.2, 0.25) is 13.1 Å². The molecule has 1 aliphatic rings. The molecule has 0 amide bonds. The molecule has 3 nitrogen and oxygen atoms in total. The van der Waals surface area contributed by atoms with E-state index in [1.807, 2.05) is 60.7 Å². The maximum atomic E-state index is 14.8. The Morgan fingerprint density at radius 2 is 1.05 bits per heavy atom. The lowest BCUT2D eigenvalue weighted by Gasteiger charge is -2.20. The van der Waals surface area contributed by atoms with Crippen molar-refractivity contribution in [2.45, 2.75) is 13.1 Å². The van der Waals surface area contributed by atoms with E-state index < -0.39 is 7.14 Å². The molecule has 0 bridgehead atoms. The molecule has 0 spiro atoms. The Morgan fingerprint density at radius 1 is 0.476 bits per heavy atom. The third kappa shape index (κ3) is 4.52. The summed E-state index contributed by atoms with van der Waals surface area (Å²) in [6, 6.07) is 43.8. The first-order valence-corrected chi connectivity index (χ1v) is 15.4. The van der Waals surface area contributed by atoms with Gasteiger partial charge in [0.1, 0.15) is 0 Å². The zero-order valence-corrected chi connectivity index (χ0v) is 26.8. The van der Waals surface area contributed by atoms with Crippen LogP contribution in [0.4, 0.5) is 0 Å². The highest BCUT2D eigenvalue weighted by Crippen LogP contribution is 2.43. The Balaban J connectivity index is 0.00000158. The molecule has 42 heavy (non-hydrogen) atoms. The third-order valence-corrected chi connectivity index (χ3v) is 11.3. The highest BCUT2D eigenvalue weighted by molar-refractivity contribution is 7.85. The summed E-state index contributed by atoms with van der Waals surface area (Å²) >= 11 is 0. The number of hydrogen-bond acceptors (Lipinski definition) is 1. The van der Waals surface area contributed by atoms with Crippen LogP contribution in [0.15, 0.2) is 140 Å². The van der Waals surface area contributed by atoms with Crippen LogP contribution < -0.4 is 59.0 Å². The summed E-state index contributed by atoms with van der Waals surface area (Å²) in [5, 5.41) is 7.34. The van der Waals surface area contributed by atoms with Crippen molar-refractivity contribution >= 4 is 55.6 Å². The van der Waals surface area contributed by atoms with E-state index in [0.29, 0.717) is 0 Å². The summed E-state index contributed by atoms with van der Waals surface area (Å²) in [7, 11) is -3.01. The summed E-state index contributed by atoms with van der Waals surface area (Å²) in [6.07, 6.45) is 4.48. The first-order valence-electron chi connectivity index (χ1n) is 13.7. The maximum absolute atomic E-state index is 14.8. The number of benzene rings is 5. The molecule has 0 aliphatic carbocycles. The summed E-state index contributed by atoms with van der Waals surface area (Å²) in [6.45, 7) is 1.93. The second kappa shape index (κ2) is 11.2. The van der Waals surface area contributed by atoms with Crippen LogP contribution in [0.25, 0.3) is 43.7 Å². The lowest BCUT2D eigenvalue weighted by molar-refractivity contribution is -0.771. The molecule has 0 fully saturated rings. The summed E-state index contributed by atoms with van der Waals surface area (Å²) in [4.78, 5) is 0. The van der Waals surface area contributed by atoms with Crippen molar-refractivity contribution < 1.29 is 47.7 Å². The van der Waals surface area contributed by atoms with Crippen LogP contribution in [0.3, 0.4) is 0 Å². The van der Waals surface area contributed by atoms with E-state index in [2.05, 4.69) is 88.3 Å². The SMILES string of the molecule is O=P(c1ccccc1)(c1ccccc1)c1ccc2cc(-c3cc4ccc5ccc[n+]6c5c4[n+](c3)CC6)ccc2c1.[Br-].[Br-]. The van der Waals surface area contributed by atoms with Crippen LogP contribution in [-0.4, -0.2) is 0 Å². The fourth-order valence-electron chi connectivity index (χ4n) is 6.30. The smallest absolute Gasteiger partial charge is 0.285 e. The van der Waals surface area contributed by atoms with Gasteiger partial charge in [-0.15, -0.1) is 0 Å². The van der Waals surface area contributed by atoms with Crippen molar-refractivity contribution in [3.8, 4) is 11.1 Å². The van der Waals surface area contributed by atoms with Gasteiger partial charge in [0.15, 0.2) is 19.5 Å². The van der Waals surface area contributed by atoms with Crippen LogP contribution >= 0.6 is 7.14 Å². The summed E-state index contributed by atoms with van der Waals surface area (Å²) in [5.74, 6) is 0. The van der Waals surface area contributed by atoms with Crippen LogP contribution in [0.1, 0.15) is 0 Å². The first kappa shape index (κ1) is 28.5. The van der Waals surface area contributed by atoms with Crippen LogP contribution in [0, 0.1) is 0 Å².